The maximum atomic E-state index is 12.6. The summed E-state index contributed by atoms with van der Waals surface area (Å²) in [6, 6.07) is 7.89. The number of fused-ring (bicyclic) bond motifs is 1. The summed E-state index contributed by atoms with van der Waals surface area (Å²) in [5, 5.41) is 2.76. The van der Waals surface area contributed by atoms with Gasteiger partial charge in [-0.25, -0.2) is 4.98 Å². The Morgan fingerprint density at radius 1 is 1.19 bits per heavy atom. The Bertz CT molecular complexity index is 963. The summed E-state index contributed by atoms with van der Waals surface area (Å²) in [6.07, 6.45) is -2.75. The second-order valence-corrected chi connectivity index (χ2v) is 6.12. The van der Waals surface area contributed by atoms with E-state index >= 15 is 0 Å². The molecule has 8 heteroatoms. The third kappa shape index (κ3) is 3.95. The van der Waals surface area contributed by atoms with Gasteiger partial charge in [-0.05, 0) is 35.9 Å². The summed E-state index contributed by atoms with van der Waals surface area (Å²) in [4.78, 5) is 16.7. The minimum absolute atomic E-state index is 0.161. The number of methoxy groups -OCH3 is 1. The summed E-state index contributed by atoms with van der Waals surface area (Å²) < 4.78 is 45.0. The van der Waals surface area contributed by atoms with Crippen molar-refractivity contribution in [3.63, 3.8) is 0 Å². The van der Waals surface area contributed by atoms with Gasteiger partial charge >= 0.3 is 6.18 Å². The van der Waals surface area contributed by atoms with Crippen LogP contribution in [-0.4, -0.2) is 22.6 Å². The molecule has 142 valence electrons. The number of nitrogens with one attached hydrogen (secondary N) is 1. The molecule has 27 heavy (non-hydrogen) atoms. The van der Waals surface area contributed by atoms with E-state index in [1.165, 1.54) is 12.1 Å². The Morgan fingerprint density at radius 3 is 2.52 bits per heavy atom. The normalized spacial score (nSPS) is 11.7. The van der Waals surface area contributed by atoms with Crippen LogP contribution in [0.1, 0.15) is 27.0 Å². The van der Waals surface area contributed by atoms with E-state index in [-0.39, 0.29) is 12.1 Å². The second-order valence-electron chi connectivity index (χ2n) is 6.12. The number of nitrogens with zero attached hydrogens (tertiary/aromatic N) is 2. The van der Waals surface area contributed by atoms with Crippen LogP contribution in [-0.2, 0) is 31.1 Å². The van der Waals surface area contributed by atoms with Crippen molar-refractivity contribution in [2.24, 2.45) is 7.05 Å². The molecule has 0 fully saturated rings. The molecule has 0 spiro atoms. The van der Waals surface area contributed by atoms with Crippen molar-refractivity contribution in [2.75, 3.05) is 7.11 Å². The minimum Gasteiger partial charge on any atom is -0.380 e. The minimum atomic E-state index is -4.43. The number of carbonyl (C=O) groups excluding carboxylic acids is 1. The first-order valence-corrected chi connectivity index (χ1v) is 8.17. The summed E-state index contributed by atoms with van der Waals surface area (Å²) in [5.41, 5.74) is 2.79. The maximum Gasteiger partial charge on any atom is 0.416 e. The van der Waals surface area contributed by atoms with Crippen LogP contribution in [0, 0.1) is 0 Å². The van der Waals surface area contributed by atoms with Crippen LogP contribution in [0.3, 0.4) is 0 Å². The zero-order chi connectivity index (χ0) is 19.6. The van der Waals surface area contributed by atoms with Crippen molar-refractivity contribution in [1.82, 2.24) is 14.9 Å². The summed E-state index contributed by atoms with van der Waals surface area (Å²) in [7, 11) is 3.44. The largest absolute Gasteiger partial charge is 0.416 e. The van der Waals surface area contributed by atoms with E-state index in [4.69, 9.17) is 4.74 Å². The smallest absolute Gasteiger partial charge is 0.380 e. The molecule has 1 aromatic heterocycles. The van der Waals surface area contributed by atoms with Gasteiger partial charge in [0.2, 0.25) is 0 Å². The second kappa shape index (κ2) is 7.40. The van der Waals surface area contributed by atoms with Crippen molar-refractivity contribution in [2.45, 2.75) is 19.3 Å². The molecule has 0 saturated heterocycles. The Kier molecular flexibility index (Phi) is 5.18. The lowest BCUT2D eigenvalue weighted by molar-refractivity contribution is -0.137. The molecule has 1 amide bonds. The summed E-state index contributed by atoms with van der Waals surface area (Å²) in [6.45, 7) is 0.571. The number of ether oxygens (including phenoxy) is 1. The Balaban J connectivity index is 1.82. The highest BCUT2D eigenvalue weighted by atomic mass is 19.4. The molecule has 3 rings (SSSR count). The van der Waals surface area contributed by atoms with E-state index < -0.39 is 17.6 Å². The van der Waals surface area contributed by atoms with Crippen LogP contribution in [0.5, 0.6) is 0 Å². The van der Waals surface area contributed by atoms with E-state index in [1.54, 1.807) is 13.4 Å². The molecular weight excluding hydrogens is 359 g/mol. The van der Waals surface area contributed by atoms with Crippen LogP contribution in [0.4, 0.5) is 13.2 Å². The number of amides is 1. The van der Waals surface area contributed by atoms with Gasteiger partial charge in [-0.1, -0.05) is 6.07 Å². The van der Waals surface area contributed by atoms with Crippen LogP contribution in [0.2, 0.25) is 0 Å². The van der Waals surface area contributed by atoms with Crippen LogP contribution in [0.15, 0.2) is 42.7 Å². The molecular formula is C19H18F3N3O2. The average molecular weight is 377 g/mol. The van der Waals surface area contributed by atoms with Gasteiger partial charge in [0.1, 0.15) is 0 Å². The number of alkyl halides is 3. The van der Waals surface area contributed by atoms with E-state index in [0.717, 1.165) is 34.3 Å². The fourth-order valence-electron chi connectivity index (χ4n) is 2.94. The van der Waals surface area contributed by atoms with Gasteiger partial charge in [-0.2, -0.15) is 13.2 Å². The first kappa shape index (κ1) is 18.9. The van der Waals surface area contributed by atoms with E-state index in [0.29, 0.717) is 6.61 Å². The van der Waals surface area contributed by atoms with Gasteiger partial charge < -0.3 is 14.6 Å². The monoisotopic (exact) mass is 377 g/mol. The number of imidazole rings is 1. The third-order valence-electron chi connectivity index (χ3n) is 4.28. The van der Waals surface area contributed by atoms with E-state index in [1.807, 2.05) is 23.7 Å². The number of hydrogen-bond donors (Lipinski definition) is 1. The lowest BCUT2D eigenvalue weighted by Crippen LogP contribution is -2.24. The molecule has 0 radical (unpaired) electrons. The van der Waals surface area contributed by atoms with Crippen LogP contribution >= 0.6 is 0 Å². The lowest BCUT2D eigenvalue weighted by atomic mass is 10.1. The van der Waals surface area contributed by atoms with Gasteiger partial charge in [-0.3, -0.25) is 4.79 Å². The first-order valence-electron chi connectivity index (χ1n) is 8.17. The number of aromatic nitrogens is 2. The predicted octanol–water partition coefficient (Wildman–Crippen LogP) is 3.67. The molecule has 2 aromatic carbocycles. The molecule has 0 aliphatic rings. The number of hydrogen-bond acceptors (Lipinski definition) is 3. The fourth-order valence-corrected chi connectivity index (χ4v) is 2.94. The number of carbonyl (C=O) groups is 1. The molecule has 0 atom stereocenters. The van der Waals surface area contributed by atoms with E-state index in [9.17, 15) is 18.0 Å². The van der Waals surface area contributed by atoms with Gasteiger partial charge in [0.15, 0.2) is 0 Å². The SMILES string of the molecule is COCc1ccc2ncn(C)c2c1CNC(=O)c1ccc(C(F)(F)F)cc1. The van der Waals surface area contributed by atoms with Crippen molar-refractivity contribution < 1.29 is 22.7 Å². The van der Waals surface area contributed by atoms with E-state index in [2.05, 4.69) is 10.3 Å². The highest BCUT2D eigenvalue weighted by molar-refractivity contribution is 5.94. The maximum absolute atomic E-state index is 12.6. The van der Waals surface area contributed by atoms with Crippen molar-refractivity contribution in [3.8, 4) is 0 Å². The molecule has 0 saturated carbocycles. The van der Waals surface area contributed by atoms with Gasteiger partial charge in [0.05, 0.1) is 29.5 Å². The summed E-state index contributed by atoms with van der Waals surface area (Å²) in [5.74, 6) is -0.453. The van der Waals surface area contributed by atoms with Gasteiger partial charge in [0, 0.05) is 31.8 Å². The Hall–Kier alpha value is -2.87. The highest BCUT2D eigenvalue weighted by Gasteiger charge is 2.30. The molecule has 0 aliphatic heterocycles. The fraction of sp³-hybridized carbons (Fsp3) is 0.263. The zero-order valence-corrected chi connectivity index (χ0v) is 14.8. The molecule has 1 heterocycles. The molecule has 5 nitrogen and oxygen atoms in total. The molecule has 0 aliphatic carbocycles. The third-order valence-corrected chi connectivity index (χ3v) is 4.28. The molecule has 0 unspecified atom stereocenters. The Morgan fingerprint density at radius 2 is 1.89 bits per heavy atom. The number of aryl methyl sites for hydroxylation is 1. The topological polar surface area (TPSA) is 56.1 Å². The Labute approximate surface area is 153 Å². The van der Waals surface area contributed by atoms with Crippen molar-refractivity contribution in [1.29, 1.82) is 0 Å². The number of benzene rings is 2. The predicted molar refractivity (Wildman–Crippen MR) is 94.0 cm³/mol. The van der Waals surface area contributed by atoms with Crippen molar-refractivity contribution >= 4 is 16.9 Å². The average Bonchev–Trinajstić information content (AvgIpc) is 3.01. The van der Waals surface area contributed by atoms with Gasteiger partial charge in [-0.15, -0.1) is 0 Å². The first-order chi connectivity index (χ1) is 12.8. The number of halogens is 3. The lowest BCUT2D eigenvalue weighted by Gasteiger charge is -2.13. The zero-order valence-electron chi connectivity index (χ0n) is 14.8. The van der Waals surface area contributed by atoms with Crippen molar-refractivity contribution in [3.05, 3.63) is 65.0 Å². The number of rotatable bonds is 5. The van der Waals surface area contributed by atoms with Crippen LogP contribution in [0.25, 0.3) is 11.0 Å². The molecule has 1 N–H and O–H groups in total. The van der Waals surface area contributed by atoms with Crippen LogP contribution < -0.4 is 5.32 Å². The highest BCUT2D eigenvalue weighted by Crippen LogP contribution is 2.29. The molecule has 3 aromatic rings. The standard InChI is InChI=1S/C19H18F3N3O2/c1-25-11-24-16-8-5-13(10-27-2)15(17(16)25)9-23-18(26)12-3-6-14(7-4-12)19(20,21)22/h3-8,11H,9-10H2,1-2H3,(H,23,26). The summed E-state index contributed by atoms with van der Waals surface area (Å²) >= 11 is 0. The van der Waals surface area contributed by atoms with Gasteiger partial charge in [0.25, 0.3) is 5.91 Å². The molecule has 0 bridgehead atoms. The quantitative estimate of drug-likeness (QED) is 0.738.